The van der Waals surface area contributed by atoms with Crippen molar-refractivity contribution in [2.45, 2.75) is 19.4 Å². The zero-order valence-corrected chi connectivity index (χ0v) is 15.8. The monoisotopic (exact) mass is 374 g/mol. The summed E-state index contributed by atoms with van der Waals surface area (Å²) < 4.78 is 1.73. The molecule has 2 amide bonds. The van der Waals surface area contributed by atoms with Crippen LogP contribution in [-0.4, -0.2) is 51.5 Å². The first-order valence-electron chi connectivity index (χ1n) is 8.71. The molecule has 0 bridgehead atoms. The lowest BCUT2D eigenvalue weighted by Gasteiger charge is -2.33. The number of aromatic nitrogens is 2. The van der Waals surface area contributed by atoms with Gasteiger partial charge in [0.15, 0.2) is 0 Å². The third-order valence-corrected chi connectivity index (χ3v) is 5.03. The number of hydrogen-bond acceptors (Lipinski definition) is 3. The van der Waals surface area contributed by atoms with E-state index in [1.165, 1.54) is 0 Å². The molecular weight excluding hydrogens is 352 g/mol. The molecule has 1 fully saturated rings. The Morgan fingerprint density at radius 2 is 1.88 bits per heavy atom. The highest BCUT2D eigenvalue weighted by Gasteiger charge is 2.29. The second kappa shape index (κ2) is 7.91. The van der Waals surface area contributed by atoms with Crippen LogP contribution in [0.2, 0.25) is 5.02 Å². The molecule has 1 aliphatic rings. The van der Waals surface area contributed by atoms with Gasteiger partial charge >= 0.3 is 0 Å². The van der Waals surface area contributed by atoms with Crippen molar-refractivity contribution in [3.63, 3.8) is 0 Å². The summed E-state index contributed by atoms with van der Waals surface area (Å²) in [5.41, 5.74) is 1.64. The number of aryl methyl sites for hydroxylation is 1. The molecule has 6 nitrogen and oxygen atoms in total. The standard InChI is InChI=1S/C19H23ClN4O2/c1-22(12-14-11-21-23(2)13-14)18(25)16-7-9-24(10-8-16)19(26)15-3-5-17(20)6-4-15/h3-6,11,13,16H,7-10,12H2,1-2H3. The SMILES string of the molecule is CN(Cc1cnn(C)c1)C(=O)C1CCN(C(=O)c2ccc(Cl)cc2)CC1. The first-order valence-corrected chi connectivity index (χ1v) is 9.09. The van der Waals surface area contributed by atoms with E-state index in [1.807, 2.05) is 25.2 Å². The van der Waals surface area contributed by atoms with Gasteiger partial charge in [-0.25, -0.2) is 0 Å². The summed E-state index contributed by atoms with van der Waals surface area (Å²) in [6.45, 7) is 1.74. The molecule has 26 heavy (non-hydrogen) atoms. The zero-order chi connectivity index (χ0) is 18.7. The van der Waals surface area contributed by atoms with Gasteiger partial charge in [-0.2, -0.15) is 5.10 Å². The van der Waals surface area contributed by atoms with Crippen molar-refractivity contribution in [2.75, 3.05) is 20.1 Å². The van der Waals surface area contributed by atoms with E-state index >= 15 is 0 Å². The minimum absolute atomic E-state index is 0.00344. The molecule has 0 atom stereocenters. The molecule has 0 N–H and O–H groups in total. The van der Waals surface area contributed by atoms with Crippen LogP contribution in [0.15, 0.2) is 36.7 Å². The lowest BCUT2D eigenvalue weighted by Crippen LogP contribution is -2.43. The highest BCUT2D eigenvalue weighted by molar-refractivity contribution is 6.30. The van der Waals surface area contributed by atoms with Crippen LogP contribution in [0.5, 0.6) is 0 Å². The fraction of sp³-hybridized carbons (Fsp3) is 0.421. The molecule has 2 aromatic rings. The number of benzene rings is 1. The number of amides is 2. The van der Waals surface area contributed by atoms with Crippen LogP contribution in [0.25, 0.3) is 0 Å². The highest BCUT2D eigenvalue weighted by Crippen LogP contribution is 2.22. The number of halogens is 1. The summed E-state index contributed by atoms with van der Waals surface area (Å²) in [6.07, 6.45) is 5.07. The van der Waals surface area contributed by atoms with Gasteiger partial charge in [-0.05, 0) is 37.1 Å². The lowest BCUT2D eigenvalue weighted by molar-refractivity contribution is -0.136. The molecule has 3 rings (SSSR count). The minimum Gasteiger partial charge on any atom is -0.341 e. The minimum atomic E-state index is -0.0362. The van der Waals surface area contributed by atoms with Crippen LogP contribution in [0.4, 0.5) is 0 Å². The third kappa shape index (κ3) is 4.25. The van der Waals surface area contributed by atoms with Gasteiger partial charge in [0.25, 0.3) is 5.91 Å². The number of carbonyl (C=O) groups is 2. The van der Waals surface area contributed by atoms with E-state index < -0.39 is 0 Å². The molecule has 1 aromatic carbocycles. The molecule has 0 unspecified atom stereocenters. The van der Waals surface area contributed by atoms with Gasteiger partial charge in [0, 0.05) is 62.0 Å². The fourth-order valence-corrected chi connectivity index (χ4v) is 3.45. The molecule has 1 saturated heterocycles. The maximum atomic E-state index is 12.7. The first-order chi connectivity index (χ1) is 12.4. The molecule has 0 radical (unpaired) electrons. The van der Waals surface area contributed by atoms with E-state index in [1.54, 1.807) is 40.0 Å². The molecule has 0 saturated carbocycles. The Bertz CT molecular complexity index is 779. The largest absolute Gasteiger partial charge is 0.341 e. The molecule has 138 valence electrons. The van der Waals surface area contributed by atoms with Gasteiger partial charge in [-0.15, -0.1) is 0 Å². The van der Waals surface area contributed by atoms with Crippen LogP contribution in [0.3, 0.4) is 0 Å². The highest BCUT2D eigenvalue weighted by atomic mass is 35.5. The second-order valence-corrected chi connectivity index (χ2v) is 7.23. The zero-order valence-electron chi connectivity index (χ0n) is 15.1. The molecule has 2 heterocycles. The smallest absolute Gasteiger partial charge is 0.253 e. The molecule has 0 spiro atoms. The Hall–Kier alpha value is -2.34. The van der Waals surface area contributed by atoms with Crippen molar-refractivity contribution in [1.29, 1.82) is 0 Å². The average Bonchev–Trinajstić information content (AvgIpc) is 3.06. The fourth-order valence-electron chi connectivity index (χ4n) is 3.32. The number of nitrogens with zero attached hydrogens (tertiary/aromatic N) is 4. The van der Waals surface area contributed by atoms with Crippen molar-refractivity contribution >= 4 is 23.4 Å². The van der Waals surface area contributed by atoms with E-state index in [4.69, 9.17) is 11.6 Å². The van der Waals surface area contributed by atoms with Crippen LogP contribution in [0.1, 0.15) is 28.8 Å². The van der Waals surface area contributed by atoms with Gasteiger partial charge in [0.05, 0.1) is 6.20 Å². The van der Waals surface area contributed by atoms with E-state index in [0.29, 0.717) is 43.1 Å². The second-order valence-electron chi connectivity index (χ2n) is 6.79. The number of likely N-dealkylation sites (tertiary alicyclic amines) is 1. The Kier molecular flexibility index (Phi) is 5.61. The van der Waals surface area contributed by atoms with Crippen LogP contribution < -0.4 is 0 Å². The van der Waals surface area contributed by atoms with Crippen LogP contribution in [0, 0.1) is 5.92 Å². The van der Waals surface area contributed by atoms with Crippen LogP contribution in [-0.2, 0) is 18.4 Å². The third-order valence-electron chi connectivity index (χ3n) is 4.78. The number of rotatable bonds is 4. The van der Waals surface area contributed by atoms with Gasteiger partial charge in [0.2, 0.25) is 5.91 Å². The quantitative estimate of drug-likeness (QED) is 0.826. The van der Waals surface area contributed by atoms with E-state index in [-0.39, 0.29) is 17.7 Å². The van der Waals surface area contributed by atoms with Crippen molar-refractivity contribution < 1.29 is 9.59 Å². The Morgan fingerprint density at radius 1 is 1.23 bits per heavy atom. The summed E-state index contributed by atoms with van der Waals surface area (Å²) >= 11 is 5.87. The first kappa shape index (κ1) is 18.5. The maximum Gasteiger partial charge on any atom is 0.253 e. The molecule has 1 aliphatic heterocycles. The number of hydrogen-bond donors (Lipinski definition) is 0. The Labute approximate surface area is 158 Å². The van der Waals surface area contributed by atoms with Crippen molar-refractivity contribution in [2.24, 2.45) is 13.0 Å². The van der Waals surface area contributed by atoms with Crippen molar-refractivity contribution in [1.82, 2.24) is 19.6 Å². The van der Waals surface area contributed by atoms with Gasteiger partial charge in [0.1, 0.15) is 0 Å². The summed E-state index contributed by atoms with van der Waals surface area (Å²) in [7, 11) is 3.68. The predicted molar refractivity (Wildman–Crippen MR) is 99.8 cm³/mol. The van der Waals surface area contributed by atoms with Gasteiger partial charge in [-0.1, -0.05) is 11.6 Å². The number of carbonyl (C=O) groups excluding carboxylic acids is 2. The molecular formula is C19H23ClN4O2. The number of piperidine rings is 1. The molecule has 0 aliphatic carbocycles. The summed E-state index contributed by atoms with van der Waals surface area (Å²) in [6, 6.07) is 6.92. The van der Waals surface area contributed by atoms with Gasteiger partial charge < -0.3 is 9.80 Å². The normalized spacial score (nSPS) is 15.1. The van der Waals surface area contributed by atoms with Crippen LogP contribution >= 0.6 is 11.6 Å². The summed E-state index contributed by atoms with van der Waals surface area (Å²) in [5, 5.41) is 4.74. The maximum absolute atomic E-state index is 12.7. The van der Waals surface area contributed by atoms with Crippen molar-refractivity contribution in [3.05, 3.63) is 52.8 Å². The van der Waals surface area contributed by atoms with E-state index in [2.05, 4.69) is 5.10 Å². The predicted octanol–water partition coefficient (Wildman–Crippen LogP) is 2.58. The Morgan fingerprint density at radius 3 is 2.46 bits per heavy atom. The topological polar surface area (TPSA) is 58.4 Å². The Balaban J connectivity index is 1.53. The van der Waals surface area contributed by atoms with Gasteiger partial charge in [-0.3, -0.25) is 14.3 Å². The van der Waals surface area contributed by atoms with E-state index in [9.17, 15) is 9.59 Å². The molecule has 1 aromatic heterocycles. The lowest BCUT2D eigenvalue weighted by atomic mass is 9.94. The van der Waals surface area contributed by atoms with Crippen molar-refractivity contribution in [3.8, 4) is 0 Å². The average molecular weight is 375 g/mol. The summed E-state index contributed by atoms with van der Waals surface area (Å²) in [5.74, 6) is 0.0923. The summed E-state index contributed by atoms with van der Waals surface area (Å²) in [4.78, 5) is 28.8. The van der Waals surface area contributed by atoms with E-state index in [0.717, 1.165) is 5.56 Å². The molecule has 7 heteroatoms.